The predicted molar refractivity (Wildman–Crippen MR) is 106 cm³/mol. The highest BCUT2D eigenvalue weighted by Gasteiger charge is 2.26. The molecule has 2 heteroatoms. The Morgan fingerprint density at radius 3 is 2.88 bits per heavy atom. The van der Waals surface area contributed by atoms with Crippen molar-refractivity contribution >= 4 is 6.08 Å². The van der Waals surface area contributed by atoms with Crippen molar-refractivity contribution in [2.75, 3.05) is 0 Å². The lowest BCUT2D eigenvalue weighted by Crippen LogP contribution is -2.37. The molecule has 0 bridgehead atoms. The summed E-state index contributed by atoms with van der Waals surface area (Å²) in [5.74, 6) is 0. The zero-order chi connectivity index (χ0) is 17.4. The van der Waals surface area contributed by atoms with Gasteiger partial charge in [-0.2, -0.15) is 0 Å². The van der Waals surface area contributed by atoms with Crippen LogP contribution in [0.4, 0.5) is 0 Å². The fraction of sp³-hybridized carbons (Fsp3) is 0.391. The highest BCUT2D eigenvalue weighted by Crippen LogP contribution is 2.34. The molecule has 2 atom stereocenters. The average molecular weight is 332 g/mol. The van der Waals surface area contributed by atoms with Gasteiger partial charge in [0, 0.05) is 17.8 Å². The first-order valence-electron chi connectivity index (χ1n) is 9.55. The van der Waals surface area contributed by atoms with E-state index in [-0.39, 0.29) is 0 Å². The van der Waals surface area contributed by atoms with Crippen LogP contribution in [-0.4, -0.2) is 6.04 Å². The molecule has 130 valence electrons. The fourth-order valence-corrected chi connectivity index (χ4v) is 4.63. The van der Waals surface area contributed by atoms with Gasteiger partial charge >= 0.3 is 0 Å². The number of fused-ring (bicyclic) bond motifs is 1. The molecule has 3 aliphatic rings. The second-order valence-electron chi connectivity index (χ2n) is 7.53. The molecule has 1 aromatic carbocycles. The molecular weight excluding hydrogens is 304 g/mol. The van der Waals surface area contributed by atoms with Gasteiger partial charge in [0.25, 0.3) is 0 Å². The first kappa shape index (κ1) is 16.4. The number of nitrogens with one attached hydrogen (secondary N) is 1. The van der Waals surface area contributed by atoms with Gasteiger partial charge in [0.05, 0.1) is 0 Å². The van der Waals surface area contributed by atoms with Gasteiger partial charge in [-0.15, -0.1) is 0 Å². The van der Waals surface area contributed by atoms with Gasteiger partial charge in [-0.1, -0.05) is 42.5 Å². The summed E-state index contributed by atoms with van der Waals surface area (Å²) in [5.41, 5.74) is 15.8. The first-order chi connectivity index (χ1) is 12.1. The molecule has 2 unspecified atom stereocenters. The highest BCUT2D eigenvalue weighted by atomic mass is 15.0. The van der Waals surface area contributed by atoms with E-state index in [1.165, 1.54) is 33.4 Å². The van der Waals surface area contributed by atoms with Gasteiger partial charge in [0.1, 0.15) is 0 Å². The highest BCUT2D eigenvalue weighted by molar-refractivity contribution is 5.63. The van der Waals surface area contributed by atoms with Crippen LogP contribution in [0.3, 0.4) is 0 Å². The van der Waals surface area contributed by atoms with Crippen LogP contribution in [0.5, 0.6) is 0 Å². The quantitative estimate of drug-likeness (QED) is 0.829. The van der Waals surface area contributed by atoms with E-state index in [4.69, 9.17) is 5.73 Å². The molecule has 0 aromatic heterocycles. The Bertz CT molecular complexity index is 808. The smallest absolute Gasteiger partial charge is 0.0383 e. The zero-order valence-corrected chi connectivity index (χ0v) is 15.3. The molecule has 0 spiro atoms. The summed E-state index contributed by atoms with van der Waals surface area (Å²) in [4.78, 5) is 0. The second-order valence-corrected chi connectivity index (χ2v) is 7.53. The van der Waals surface area contributed by atoms with E-state index in [0.717, 1.165) is 37.8 Å². The minimum absolute atomic E-state index is 0.303. The van der Waals surface area contributed by atoms with Crippen molar-refractivity contribution in [1.29, 1.82) is 0 Å². The van der Waals surface area contributed by atoms with Crippen LogP contribution in [0.15, 0.2) is 53.3 Å². The van der Waals surface area contributed by atoms with E-state index in [1.54, 1.807) is 0 Å². The molecule has 0 saturated carbocycles. The van der Waals surface area contributed by atoms with Gasteiger partial charge in [-0.05, 0) is 79.4 Å². The van der Waals surface area contributed by atoms with Gasteiger partial charge in [-0.25, -0.2) is 0 Å². The number of hydrogen-bond acceptors (Lipinski definition) is 2. The molecule has 25 heavy (non-hydrogen) atoms. The topological polar surface area (TPSA) is 38.0 Å². The predicted octanol–water partition coefficient (Wildman–Crippen LogP) is 4.87. The molecule has 0 saturated heterocycles. The van der Waals surface area contributed by atoms with Crippen LogP contribution >= 0.6 is 0 Å². The number of allylic oxidation sites excluding steroid dienone is 4. The van der Waals surface area contributed by atoms with Crippen molar-refractivity contribution in [1.82, 2.24) is 5.32 Å². The lowest BCUT2D eigenvalue weighted by molar-refractivity contribution is 0.490. The minimum Gasteiger partial charge on any atom is -0.399 e. The molecule has 0 radical (unpaired) electrons. The van der Waals surface area contributed by atoms with Crippen molar-refractivity contribution < 1.29 is 0 Å². The monoisotopic (exact) mass is 332 g/mol. The maximum Gasteiger partial charge on any atom is 0.0383 e. The Balaban J connectivity index is 1.65. The van der Waals surface area contributed by atoms with Gasteiger partial charge in [-0.3, -0.25) is 0 Å². The summed E-state index contributed by atoms with van der Waals surface area (Å²) in [6.45, 7) is 4.53. The van der Waals surface area contributed by atoms with Gasteiger partial charge in [0.2, 0.25) is 0 Å². The molecule has 2 nitrogen and oxygen atoms in total. The Morgan fingerprint density at radius 1 is 1.12 bits per heavy atom. The molecule has 0 aliphatic heterocycles. The number of benzene rings is 1. The Kier molecular flexibility index (Phi) is 4.39. The normalized spacial score (nSPS) is 23.1. The van der Waals surface area contributed by atoms with Gasteiger partial charge in [0.15, 0.2) is 0 Å². The number of hydrogen-bond donors (Lipinski definition) is 2. The van der Waals surface area contributed by atoms with E-state index in [0.29, 0.717) is 12.1 Å². The van der Waals surface area contributed by atoms with Crippen LogP contribution in [0.25, 0.3) is 6.08 Å². The summed E-state index contributed by atoms with van der Waals surface area (Å²) < 4.78 is 0. The van der Waals surface area contributed by atoms with E-state index >= 15 is 0 Å². The van der Waals surface area contributed by atoms with Crippen LogP contribution in [0.1, 0.15) is 60.9 Å². The lowest BCUT2D eigenvalue weighted by atomic mass is 9.83. The van der Waals surface area contributed by atoms with E-state index in [9.17, 15) is 0 Å². The number of rotatable bonds is 3. The number of nitrogens with two attached hydrogens (primary N) is 1. The SMILES string of the molecule is Cc1ccc2c(c1C(C)NC1CC=CC3=C1C(N)=CCC3)C=CCC2. The largest absolute Gasteiger partial charge is 0.399 e. The van der Waals surface area contributed by atoms with E-state index < -0.39 is 0 Å². The minimum atomic E-state index is 0.303. The van der Waals surface area contributed by atoms with Crippen molar-refractivity contribution in [3.8, 4) is 0 Å². The Hall–Kier alpha value is -2.06. The third-order valence-electron chi connectivity index (χ3n) is 5.82. The second kappa shape index (κ2) is 6.68. The summed E-state index contributed by atoms with van der Waals surface area (Å²) in [7, 11) is 0. The summed E-state index contributed by atoms with van der Waals surface area (Å²) in [5, 5.41) is 3.89. The standard InChI is InChI=1S/C23H28N2/c1-15-13-14-17-7-3-4-10-19(17)22(15)16(2)25-21-12-6-9-18-8-5-11-20(24)23(18)21/h4,6,9-11,13-14,16,21,25H,3,5,7-8,12,24H2,1-2H3. The molecule has 1 aromatic rings. The maximum absolute atomic E-state index is 6.35. The van der Waals surface area contributed by atoms with E-state index in [1.807, 2.05) is 0 Å². The van der Waals surface area contributed by atoms with Crippen molar-refractivity contribution in [3.05, 3.63) is 75.5 Å². The molecule has 0 fully saturated rings. The zero-order valence-electron chi connectivity index (χ0n) is 15.3. The summed E-state index contributed by atoms with van der Waals surface area (Å²) in [6.07, 6.45) is 16.9. The van der Waals surface area contributed by atoms with Crippen LogP contribution in [0, 0.1) is 6.92 Å². The third-order valence-corrected chi connectivity index (χ3v) is 5.82. The molecule has 3 N–H and O–H groups in total. The van der Waals surface area contributed by atoms with Crippen molar-refractivity contribution in [3.63, 3.8) is 0 Å². The average Bonchev–Trinajstić information content (AvgIpc) is 2.61. The molecule has 0 amide bonds. The Labute approximate surface area is 151 Å². The van der Waals surface area contributed by atoms with E-state index in [2.05, 4.69) is 61.7 Å². The summed E-state index contributed by atoms with van der Waals surface area (Å²) >= 11 is 0. The van der Waals surface area contributed by atoms with Crippen LogP contribution in [-0.2, 0) is 6.42 Å². The van der Waals surface area contributed by atoms with Gasteiger partial charge < -0.3 is 11.1 Å². The fourth-order valence-electron chi connectivity index (χ4n) is 4.63. The molecular formula is C23H28N2. The first-order valence-corrected chi connectivity index (χ1v) is 9.55. The van der Waals surface area contributed by atoms with Crippen LogP contribution in [0.2, 0.25) is 0 Å². The van der Waals surface area contributed by atoms with Crippen molar-refractivity contribution in [2.45, 2.75) is 58.0 Å². The van der Waals surface area contributed by atoms with Crippen LogP contribution < -0.4 is 11.1 Å². The lowest BCUT2D eigenvalue weighted by Gasteiger charge is -2.33. The Morgan fingerprint density at radius 2 is 2.00 bits per heavy atom. The number of aryl methyl sites for hydroxylation is 2. The molecule has 3 aliphatic carbocycles. The van der Waals surface area contributed by atoms with Crippen molar-refractivity contribution in [2.24, 2.45) is 5.73 Å². The third kappa shape index (κ3) is 3.00. The maximum atomic E-state index is 6.35. The molecule has 4 rings (SSSR count). The molecule has 0 heterocycles. The summed E-state index contributed by atoms with van der Waals surface area (Å²) in [6, 6.07) is 5.20.